The van der Waals surface area contributed by atoms with Gasteiger partial charge in [0.1, 0.15) is 0 Å². The number of rotatable bonds is 2. The molecule has 14 heavy (non-hydrogen) atoms. The average molecular weight is 436 g/mol. The third kappa shape index (κ3) is 2.67. The molecule has 0 fully saturated rings. The second-order valence-electron chi connectivity index (χ2n) is 3.08. The molecule has 0 saturated heterocycles. The van der Waals surface area contributed by atoms with Crippen LogP contribution >= 0.6 is 45.2 Å². The van der Waals surface area contributed by atoms with E-state index in [0.29, 0.717) is 0 Å². The summed E-state index contributed by atoms with van der Waals surface area (Å²) in [5.74, 6) is 0. The first-order valence-corrected chi connectivity index (χ1v) is 7.18. The molecule has 1 rings (SSSR count). The number of benzene rings is 1. The Morgan fingerprint density at radius 3 is 2.36 bits per heavy atom. The summed E-state index contributed by atoms with van der Waals surface area (Å²) in [5, 5.41) is 0. The maximum absolute atomic E-state index is 11.2. The molecule has 0 bridgehead atoms. The van der Waals surface area contributed by atoms with Gasteiger partial charge < -0.3 is 4.55 Å². The van der Waals surface area contributed by atoms with E-state index >= 15 is 0 Å². The Kier molecular flexibility index (Phi) is 4.36. The van der Waals surface area contributed by atoms with Gasteiger partial charge in [-0.1, -0.05) is 23.8 Å². The van der Waals surface area contributed by atoms with Crippen molar-refractivity contribution in [2.75, 3.05) is 0 Å². The summed E-state index contributed by atoms with van der Waals surface area (Å²) in [5.41, 5.74) is 3.12. The molecule has 0 saturated carbocycles. The quantitative estimate of drug-likeness (QED) is 0.438. The van der Waals surface area contributed by atoms with Gasteiger partial charge in [-0.05, 0) is 70.2 Å². The van der Waals surface area contributed by atoms with Crippen LogP contribution in [0.5, 0.6) is 0 Å². The minimum atomic E-state index is -1.87. The largest absolute Gasteiger partial charge is 0.304 e. The molecule has 0 heterocycles. The lowest BCUT2D eigenvalue weighted by atomic mass is 10.1. The van der Waals surface area contributed by atoms with Gasteiger partial charge in [-0.3, -0.25) is 0 Å². The highest BCUT2D eigenvalue weighted by Crippen LogP contribution is 2.43. The Bertz CT molecular complexity index is 377. The van der Waals surface area contributed by atoms with Crippen molar-refractivity contribution in [3.8, 4) is 0 Å². The van der Waals surface area contributed by atoms with Crippen LogP contribution in [-0.4, -0.2) is 8.76 Å². The van der Waals surface area contributed by atoms with Crippen LogP contribution in [0, 0.1) is 13.8 Å². The molecule has 78 valence electrons. The molecule has 0 aliphatic heterocycles. The predicted molar refractivity (Wildman–Crippen MR) is 76.4 cm³/mol. The van der Waals surface area contributed by atoms with E-state index in [9.17, 15) is 8.76 Å². The molecular formula is C9H10I2O2S. The Hall–Kier alpha value is 0.790. The molecule has 5 heteroatoms. The second kappa shape index (κ2) is 4.75. The van der Waals surface area contributed by atoms with Crippen molar-refractivity contribution in [2.24, 2.45) is 0 Å². The SMILES string of the molecule is Cc1ccc(C(I)(I)S(=O)O)c(C)c1. The van der Waals surface area contributed by atoms with Crippen LogP contribution in [0.25, 0.3) is 0 Å². The molecule has 1 aromatic rings. The van der Waals surface area contributed by atoms with Crippen LogP contribution in [0.1, 0.15) is 16.7 Å². The van der Waals surface area contributed by atoms with E-state index in [1.54, 1.807) is 0 Å². The highest BCUT2D eigenvalue weighted by atomic mass is 127. The van der Waals surface area contributed by atoms with Gasteiger partial charge in [-0.2, -0.15) is 0 Å². The van der Waals surface area contributed by atoms with E-state index in [-0.39, 0.29) is 0 Å². The predicted octanol–water partition coefficient (Wildman–Crippen LogP) is 3.51. The molecule has 1 N–H and O–H groups in total. The van der Waals surface area contributed by atoms with Gasteiger partial charge in [0, 0.05) is 0 Å². The van der Waals surface area contributed by atoms with Gasteiger partial charge in [-0.15, -0.1) is 0 Å². The summed E-state index contributed by atoms with van der Waals surface area (Å²) < 4.78 is 19.6. The van der Waals surface area contributed by atoms with E-state index in [4.69, 9.17) is 0 Å². The molecular weight excluding hydrogens is 426 g/mol. The summed E-state index contributed by atoms with van der Waals surface area (Å²) >= 11 is 2.14. The Labute approximate surface area is 113 Å². The molecule has 1 unspecified atom stereocenters. The Morgan fingerprint density at radius 1 is 1.36 bits per heavy atom. The van der Waals surface area contributed by atoms with Gasteiger partial charge >= 0.3 is 0 Å². The fraction of sp³-hybridized carbons (Fsp3) is 0.333. The maximum atomic E-state index is 11.2. The van der Waals surface area contributed by atoms with Crippen molar-refractivity contribution in [3.05, 3.63) is 34.9 Å². The third-order valence-electron chi connectivity index (χ3n) is 1.91. The van der Waals surface area contributed by atoms with Crippen LogP contribution < -0.4 is 0 Å². The number of hydrogen-bond acceptors (Lipinski definition) is 1. The van der Waals surface area contributed by atoms with Crippen molar-refractivity contribution in [3.63, 3.8) is 0 Å². The number of hydrogen-bond donors (Lipinski definition) is 1. The standard InChI is InChI=1S/C9H10I2O2S/c1-6-3-4-8(7(2)5-6)9(10,11)14(12)13/h3-5H,1-2H3,(H,12,13). The van der Waals surface area contributed by atoms with Gasteiger partial charge in [0.05, 0.1) is 0 Å². The monoisotopic (exact) mass is 436 g/mol. The lowest BCUT2D eigenvalue weighted by Crippen LogP contribution is -2.16. The highest BCUT2D eigenvalue weighted by Gasteiger charge is 2.33. The molecule has 0 aromatic heterocycles. The lowest BCUT2D eigenvalue weighted by molar-refractivity contribution is 0.562. The normalized spacial score (nSPS) is 14.1. The first-order chi connectivity index (χ1) is 6.35. The van der Waals surface area contributed by atoms with E-state index in [1.165, 1.54) is 5.56 Å². The van der Waals surface area contributed by atoms with Crippen LogP contribution in [0.2, 0.25) is 0 Å². The van der Waals surface area contributed by atoms with Crippen LogP contribution in [0.15, 0.2) is 18.2 Å². The van der Waals surface area contributed by atoms with E-state index in [1.807, 2.05) is 77.2 Å². The smallest absolute Gasteiger partial charge is 0.198 e. The van der Waals surface area contributed by atoms with Crippen molar-refractivity contribution < 1.29 is 8.76 Å². The van der Waals surface area contributed by atoms with Gasteiger partial charge in [0.2, 0.25) is 0 Å². The zero-order valence-corrected chi connectivity index (χ0v) is 12.9. The maximum Gasteiger partial charge on any atom is 0.198 e. The van der Waals surface area contributed by atoms with Gasteiger partial charge in [0.15, 0.2) is 11.8 Å². The van der Waals surface area contributed by atoms with Crippen LogP contribution in [0.3, 0.4) is 0 Å². The zero-order chi connectivity index (χ0) is 10.9. The first-order valence-electron chi connectivity index (χ1n) is 3.92. The van der Waals surface area contributed by atoms with Gasteiger partial charge in [-0.25, -0.2) is 4.21 Å². The number of halogens is 2. The molecule has 2 nitrogen and oxygen atoms in total. The van der Waals surface area contributed by atoms with Crippen molar-refractivity contribution in [1.29, 1.82) is 0 Å². The molecule has 0 aliphatic rings. The molecule has 0 amide bonds. The van der Waals surface area contributed by atoms with Crippen LogP contribution in [0.4, 0.5) is 0 Å². The Balaban J connectivity index is 3.26. The fourth-order valence-corrected chi connectivity index (χ4v) is 2.86. The summed E-state index contributed by atoms with van der Waals surface area (Å²) in [4.78, 5) is 0. The molecule has 1 atom stereocenters. The van der Waals surface area contributed by atoms with Crippen LogP contribution in [-0.2, 0) is 11.8 Å². The summed E-state index contributed by atoms with van der Waals surface area (Å²) in [6.45, 7) is 3.97. The minimum absolute atomic E-state index is 0.757. The zero-order valence-electron chi connectivity index (χ0n) is 7.75. The minimum Gasteiger partial charge on any atom is -0.304 e. The third-order valence-corrected chi connectivity index (χ3v) is 6.00. The van der Waals surface area contributed by atoms with E-state index in [2.05, 4.69) is 0 Å². The van der Waals surface area contributed by atoms with Crippen molar-refractivity contribution >= 4 is 56.3 Å². The first kappa shape index (κ1) is 12.9. The van der Waals surface area contributed by atoms with Gasteiger partial charge in [0.25, 0.3) is 0 Å². The second-order valence-corrected chi connectivity index (χ2v) is 11.0. The van der Waals surface area contributed by atoms with E-state index in [0.717, 1.165) is 11.1 Å². The summed E-state index contributed by atoms with van der Waals surface area (Å²) in [6.07, 6.45) is 0. The van der Waals surface area contributed by atoms with Crippen molar-refractivity contribution in [1.82, 2.24) is 0 Å². The average Bonchev–Trinajstić information content (AvgIpc) is 2.02. The molecule has 0 spiro atoms. The topological polar surface area (TPSA) is 37.3 Å². The molecule has 1 aromatic carbocycles. The Morgan fingerprint density at radius 2 is 1.93 bits per heavy atom. The lowest BCUT2D eigenvalue weighted by Gasteiger charge is -2.19. The van der Waals surface area contributed by atoms with E-state index < -0.39 is 11.8 Å². The highest BCUT2D eigenvalue weighted by molar-refractivity contribution is 14.2. The molecule has 0 radical (unpaired) electrons. The summed E-state index contributed by atoms with van der Waals surface area (Å²) in [6, 6.07) is 5.90. The number of aryl methyl sites for hydroxylation is 2. The summed E-state index contributed by atoms with van der Waals surface area (Å²) in [7, 11) is 0. The molecule has 0 aliphatic carbocycles. The van der Waals surface area contributed by atoms with Crippen molar-refractivity contribution in [2.45, 2.75) is 14.6 Å². The fourth-order valence-electron chi connectivity index (χ4n) is 1.23. The number of alkyl halides is 2.